The topological polar surface area (TPSA) is 114 Å². The van der Waals surface area contributed by atoms with Crippen molar-refractivity contribution in [2.75, 3.05) is 40.9 Å². The Morgan fingerprint density at radius 3 is 1.53 bits per heavy atom. The predicted octanol–water partition coefficient (Wildman–Crippen LogP) is 14.5. The number of ether oxygens (including phenoxy) is 1. The van der Waals surface area contributed by atoms with Crippen molar-refractivity contribution in [3.8, 4) is 0 Å². The van der Waals surface area contributed by atoms with Gasteiger partial charge in [0.1, 0.15) is 19.3 Å². The highest BCUT2D eigenvalue weighted by atomic mass is 31.2. The van der Waals surface area contributed by atoms with Gasteiger partial charge in [-0.2, -0.15) is 0 Å². The molecule has 1 amide bonds. The van der Waals surface area contributed by atoms with Gasteiger partial charge < -0.3 is 28.5 Å². The Morgan fingerprint density at radius 1 is 0.562 bits per heavy atom. The average Bonchev–Trinajstić information content (AvgIpc) is 3.25. The van der Waals surface area contributed by atoms with Crippen LogP contribution in [-0.2, 0) is 27.9 Å². The Bertz CT molecular complexity index is 1290. The third-order valence-electron chi connectivity index (χ3n) is 11.2. The summed E-state index contributed by atoms with van der Waals surface area (Å²) in [5, 5.41) is 2.99. The highest BCUT2D eigenvalue weighted by molar-refractivity contribution is 7.45. The molecular formula is C54H99N2O7P. The lowest BCUT2D eigenvalue weighted by Gasteiger charge is -2.30. The molecular weight excluding hydrogens is 820 g/mol. The van der Waals surface area contributed by atoms with E-state index < -0.39 is 26.6 Å². The lowest BCUT2D eigenvalue weighted by molar-refractivity contribution is -0.870. The fourth-order valence-corrected chi connectivity index (χ4v) is 7.84. The molecule has 0 saturated heterocycles. The number of hydrogen-bond acceptors (Lipinski definition) is 7. The first kappa shape index (κ1) is 61.7. The summed E-state index contributed by atoms with van der Waals surface area (Å²) in [6, 6.07) is -0.903. The third-order valence-corrected chi connectivity index (χ3v) is 12.1. The van der Waals surface area contributed by atoms with Crippen molar-refractivity contribution in [3.05, 3.63) is 60.8 Å². The van der Waals surface area contributed by atoms with Gasteiger partial charge in [0.15, 0.2) is 0 Å². The second-order valence-corrected chi connectivity index (χ2v) is 20.0. The maximum atomic E-state index is 13.4. The summed E-state index contributed by atoms with van der Waals surface area (Å²) in [5.74, 6) is -0.590. The molecule has 0 radical (unpaired) electrons. The maximum Gasteiger partial charge on any atom is 0.306 e. The molecule has 0 aromatic rings. The van der Waals surface area contributed by atoms with Gasteiger partial charge in [-0.05, 0) is 89.5 Å². The van der Waals surface area contributed by atoms with Crippen molar-refractivity contribution in [1.29, 1.82) is 0 Å². The van der Waals surface area contributed by atoms with Gasteiger partial charge in [-0.1, -0.05) is 178 Å². The zero-order valence-electron chi connectivity index (χ0n) is 42.2. The molecule has 0 heterocycles. The van der Waals surface area contributed by atoms with E-state index in [0.717, 1.165) is 89.9 Å². The zero-order chi connectivity index (χ0) is 47.3. The molecule has 372 valence electrons. The number of carbonyl (C=O) groups is 2. The summed E-state index contributed by atoms with van der Waals surface area (Å²) in [6.45, 7) is 6.66. The Morgan fingerprint density at radius 2 is 1.00 bits per heavy atom. The van der Waals surface area contributed by atoms with Gasteiger partial charge in [-0.15, -0.1) is 0 Å². The van der Waals surface area contributed by atoms with Crippen LogP contribution in [0.15, 0.2) is 60.8 Å². The van der Waals surface area contributed by atoms with Crippen molar-refractivity contribution in [1.82, 2.24) is 5.32 Å². The molecule has 64 heavy (non-hydrogen) atoms. The van der Waals surface area contributed by atoms with Crippen LogP contribution >= 0.6 is 7.82 Å². The smallest absolute Gasteiger partial charge is 0.306 e. The first-order valence-corrected chi connectivity index (χ1v) is 27.6. The van der Waals surface area contributed by atoms with E-state index in [0.29, 0.717) is 30.3 Å². The Kier molecular flexibility index (Phi) is 42.9. The van der Waals surface area contributed by atoms with E-state index >= 15 is 0 Å². The number of allylic oxidation sites excluding steroid dienone is 9. The van der Waals surface area contributed by atoms with E-state index in [2.05, 4.69) is 74.7 Å². The summed E-state index contributed by atoms with van der Waals surface area (Å²) in [4.78, 5) is 39.6. The molecule has 0 aliphatic rings. The SMILES string of the molecule is CC/C=C/C/C=C/C/C=C/CCCCCCC(=O)OC(/C=C/CCCCCCCCCCC)C(COP(=O)([O-])OCC[N+](C)(C)C)NC(=O)CCCCC/C=C\CCCCCCCC. The molecule has 3 atom stereocenters. The van der Waals surface area contributed by atoms with Crippen LogP contribution in [0, 0.1) is 0 Å². The number of carbonyl (C=O) groups excluding carboxylic acids is 2. The van der Waals surface area contributed by atoms with E-state index in [1.807, 2.05) is 33.3 Å². The van der Waals surface area contributed by atoms with Crippen molar-refractivity contribution in [2.24, 2.45) is 0 Å². The summed E-state index contributed by atoms with van der Waals surface area (Å²) < 4.78 is 30.1. The molecule has 9 nitrogen and oxygen atoms in total. The second-order valence-electron chi connectivity index (χ2n) is 18.6. The number of rotatable bonds is 46. The highest BCUT2D eigenvalue weighted by Crippen LogP contribution is 2.38. The predicted molar refractivity (Wildman–Crippen MR) is 270 cm³/mol. The number of quaternary nitrogens is 1. The molecule has 0 saturated carbocycles. The number of unbranched alkanes of at least 4 members (excludes halogenated alkanes) is 22. The largest absolute Gasteiger partial charge is 0.756 e. The molecule has 1 N–H and O–H groups in total. The van der Waals surface area contributed by atoms with Gasteiger partial charge in [0.05, 0.1) is 33.8 Å². The molecule has 0 aliphatic carbocycles. The molecule has 0 aromatic carbocycles. The van der Waals surface area contributed by atoms with Gasteiger partial charge in [-0.25, -0.2) is 0 Å². The minimum Gasteiger partial charge on any atom is -0.756 e. The number of amides is 1. The van der Waals surface area contributed by atoms with Crippen LogP contribution in [0.5, 0.6) is 0 Å². The van der Waals surface area contributed by atoms with E-state index in [9.17, 15) is 19.0 Å². The van der Waals surface area contributed by atoms with Crippen LogP contribution in [0.1, 0.15) is 220 Å². The first-order valence-electron chi connectivity index (χ1n) is 26.1. The van der Waals surface area contributed by atoms with Crippen LogP contribution < -0.4 is 10.2 Å². The van der Waals surface area contributed by atoms with Crippen molar-refractivity contribution in [2.45, 2.75) is 232 Å². The van der Waals surface area contributed by atoms with Crippen LogP contribution in [0.3, 0.4) is 0 Å². The standard InChI is InChI=1S/C54H99N2O7P/c1-7-10-13-16-19-22-25-27-29-32-35-38-41-44-47-54(58)63-52(45-42-39-36-33-30-24-21-18-15-12-9-3)51(50-62-64(59,60)61-49-48-56(4,5)6)55-53(57)46-43-40-37-34-31-28-26-23-20-17-14-11-8-2/h10,13,19,22,27-29,31,42,45,51-52H,7-9,11-12,14-18,20-21,23-26,30,32-41,43-44,46-50H2,1-6H3,(H-,55,57,59,60)/b13-10+,22-19+,29-27+,31-28-,45-42+. The number of nitrogens with zero attached hydrogens (tertiary/aromatic N) is 1. The van der Waals surface area contributed by atoms with Gasteiger partial charge in [0.25, 0.3) is 7.82 Å². The maximum absolute atomic E-state index is 13.4. The zero-order valence-corrected chi connectivity index (χ0v) is 43.1. The molecule has 3 unspecified atom stereocenters. The van der Waals surface area contributed by atoms with E-state index in [1.165, 1.54) is 83.5 Å². The number of likely N-dealkylation sites (N-methyl/N-ethyl adjacent to an activating group) is 1. The second kappa shape index (κ2) is 44.5. The lowest BCUT2D eigenvalue weighted by Crippen LogP contribution is -2.47. The third kappa shape index (κ3) is 44.9. The average molecular weight is 919 g/mol. The molecule has 0 rings (SSSR count). The van der Waals surface area contributed by atoms with Gasteiger partial charge >= 0.3 is 5.97 Å². The minimum absolute atomic E-state index is 0.0303. The Labute approximate surface area is 394 Å². The van der Waals surface area contributed by atoms with Crippen LogP contribution in [-0.4, -0.2) is 69.4 Å². The van der Waals surface area contributed by atoms with Crippen LogP contribution in [0.25, 0.3) is 0 Å². The fourth-order valence-electron chi connectivity index (χ4n) is 7.12. The van der Waals surface area contributed by atoms with Gasteiger partial charge in [-0.3, -0.25) is 14.2 Å². The van der Waals surface area contributed by atoms with Crippen molar-refractivity contribution >= 4 is 19.7 Å². The minimum atomic E-state index is -4.70. The summed E-state index contributed by atoms with van der Waals surface area (Å²) in [7, 11) is 1.16. The summed E-state index contributed by atoms with van der Waals surface area (Å²) in [6.07, 6.45) is 53.3. The molecule has 0 spiro atoms. The number of esters is 1. The Balaban J connectivity index is 5.48. The lowest BCUT2D eigenvalue weighted by atomic mass is 10.1. The van der Waals surface area contributed by atoms with E-state index in [-0.39, 0.29) is 24.9 Å². The molecule has 0 aromatic heterocycles. The first-order chi connectivity index (χ1) is 30.9. The van der Waals surface area contributed by atoms with Crippen LogP contribution in [0.4, 0.5) is 0 Å². The van der Waals surface area contributed by atoms with Crippen molar-refractivity contribution in [3.63, 3.8) is 0 Å². The number of nitrogens with one attached hydrogen (secondary N) is 1. The number of hydrogen-bond donors (Lipinski definition) is 1. The molecule has 0 aliphatic heterocycles. The number of phosphoric acid groups is 1. The summed E-state index contributed by atoms with van der Waals surface area (Å²) in [5.41, 5.74) is 0. The van der Waals surface area contributed by atoms with Crippen molar-refractivity contribution < 1.29 is 37.3 Å². The highest BCUT2D eigenvalue weighted by Gasteiger charge is 2.27. The normalized spacial score (nSPS) is 14.4. The summed E-state index contributed by atoms with van der Waals surface area (Å²) >= 11 is 0. The molecule has 0 bridgehead atoms. The van der Waals surface area contributed by atoms with E-state index in [1.54, 1.807) is 0 Å². The Hall–Kier alpha value is -2.29. The monoisotopic (exact) mass is 919 g/mol. The van der Waals surface area contributed by atoms with Gasteiger partial charge in [0, 0.05) is 12.8 Å². The quantitative estimate of drug-likeness (QED) is 0.0213. The van der Waals surface area contributed by atoms with Crippen LogP contribution in [0.2, 0.25) is 0 Å². The fraction of sp³-hybridized carbons (Fsp3) is 0.778. The number of phosphoric ester groups is 1. The molecule has 0 fully saturated rings. The molecule has 10 heteroatoms. The van der Waals surface area contributed by atoms with Gasteiger partial charge in [0.2, 0.25) is 5.91 Å². The van der Waals surface area contributed by atoms with E-state index in [4.69, 9.17) is 13.8 Å².